The van der Waals surface area contributed by atoms with Crippen molar-refractivity contribution < 1.29 is 0 Å². The first-order chi connectivity index (χ1) is 6.75. The van der Waals surface area contributed by atoms with Crippen LogP contribution < -0.4 is 5.73 Å². The minimum Gasteiger partial charge on any atom is -0.387 e. The molecule has 0 fully saturated rings. The molecule has 2 rings (SSSR count). The number of hydrogen-bond donors (Lipinski definition) is 1. The number of halogens is 2. The number of amidine groups is 1. The van der Waals surface area contributed by atoms with Crippen LogP contribution in [0.2, 0.25) is 0 Å². The quantitative estimate of drug-likeness (QED) is 0.671. The first kappa shape index (κ1) is 13.0. The molecule has 0 radical (unpaired) electrons. The highest BCUT2D eigenvalue weighted by Crippen LogP contribution is 2.30. The maximum atomic E-state index is 5.83. The van der Waals surface area contributed by atoms with Crippen molar-refractivity contribution in [2.45, 2.75) is 38.5 Å². The molecule has 0 spiro atoms. The third-order valence-electron chi connectivity index (χ3n) is 2.82. The second-order valence-electron chi connectivity index (χ2n) is 3.94. The van der Waals surface area contributed by atoms with Gasteiger partial charge in [0.25, 0.3) is 0 Å². The molecule has 0 aromatic rings. The lowest BCUT2D eigenvalue weighted by molar-refractivity contribution is 0.706. The summed E-state index contributed by atoms with van der Waals surface area (Å²) < 4.78 is 0.877. The number of aliphatic imine (C=N–C) groups is 1. The number of rotatable bonds is 0. The molecule has 2 nitrogen and oxygen atoms in total. The van der Waals surface area contributed by atoms with E-state index >= 15 is 0 Å². The molecule has 0 saturated carbocycles. The first-order valence-corrected chi connectivity index (χ1v) is 5.96. The summed E-state index contributed by atoms with van der Waals surface area (Å²) in [5.41, 5.74) is 8.78. The van der Waals surface area contributed by atoms with Crippen molar-refractivity contribution >= 4 is 38.7 Å². The predicted molar refractivity (Wildman–Crippen MR) is 73.7 cm³/mol. The normalized spacial score (nSPS) is 21.7. The van der Waals surface area contributed by atoms with Crippen LogP contribution in [0.15, 0.2) is 26.8 Å². The molecular weight excluding hydrogens is 320 g/mol. The van der Waals surface area contributed by atoms with Gasteiger partial charge < -0.3 is 5.73 Å². The van der Waals surface area contributed by atoms with Crippen LogP contribution in [0, 0.1) is 0 Å². The Labute approximate surface area is 110 Å². The average molecular weight is 336 g/mol. The van der Waals surface area contributed by atoms with Crippen LogP contribution in [0.4, 0.5) is 0 Å². The van der Waals surface area contributed by atoms with E-state index in [-0.39, 0.29) is 17.0 Å². The van der Waals surface area contributed by atoms with Gasteiger partial charge in [0.2, 0.25) is 0 Å². The summed E-state index contributed by atoms with van der Waals surface area (Å²) in [6.45, 7) is 0. The summed E-state index contributed by atoms with van der Waals surface area (Å²) in [5.74, 6) is 0.736. The van der Waals surface area contributed by atoms with Crippen molar-refractivity contribution in [2.24, 2.45) is 10.7 Å². The Morgan fingerprint density at radius 2 is 1.93 bits per heavy atom. The van der Waals surface area contributed by atoms with E-state index in [0.29, 0.717) is 0 Å². The molecule has 0 unspecified atom stereocenters. The molecule has 0 aromatic heterocycles. The zero-order valence-corrected chi connectivity index (χ0v) is 11.9. The van der Waals surface area contributed by atoms with Gasteiger partial charge in [0.05, 0.1) is 0 Å². The van der Waals surface area contributed by atoms with E-state index in [4.69, 9.17) is 5.73 Å². The molecule has 2 aliphatic rings. The van der Waals surface area contributed by atoms with E-state index in [0.717, 1.165) is 16.9 Å². The van der Waals surface area contributed by atoms with Gasteiger partial charge in [0.1, 0.15) is 10.4 Å². The van der Waals surface area contributed by atoms with Crippen LogP contribution in [0.25, 0.3) is 0 Å². The van der Waals surface area contributed by atoms with Gasteiger partial charge >= 0.3 is 0 Å². The van der Waals surface area contributed by atoms with Crippen LogP contribution in [0.5, 0.6) is 0 Å². The minimum atomic E-state index is 0. The fraction of sp³-hybridized carbons (Fsp3) is 0.545. The largest absolute Gasteiger partial charge is 0.387 e. The molecule has 15 heavy (non-hydrogen) atoms. The number of hydrogen-bond acceptors (Lipinski definition) is 2. The summed E-state index contributed by atoms with van der Waals surface area (Å²) in [6, 6.07) is 0. The van der Waals surface area contributed by atoms with E-state index in [9.17, 15) is 0 Å². The lowest BCUT2D eigenvalue weighted by Crippen LogP contribution is -2.11. The molecule has 0 aromatic carbocycles. The summed E-state index contributed by atoms with van der Waals surface area (Å²) in [4.78, 5) is 4.26. The Balaban J connectivity index is 0.00000112. The van der Waals surface area contributed by atoms with Crippen molar-refractivity contribution in [1.29, 1.82) is 0 Å². The lowest BCUT2D eigenvalue weighted by atomic mass is 10.0. The van der Waals surface area contributed by atoms with Gasteiger partial charge in [-0.2, -0.15) is 0 Å². The minimum absolute atomic E-state index is 0. The first-order valence-electron chi connectivity index (χ1n) is 5.17. The molecule has 1 aliphatic heterocycles. The van der Waals surface area contributed by atoms with E-state index in [1.54, 1.807) is 0 Å². The van der Waals surface area contributed by atoms with E-state index in [2.05, 4.69) is 27.0 Å². The Kier molecular flexibility index (Phi) is 5.06. The smallest absolute Gasteiger partial charge is 0.108 e. The van der Waals surface area contributed by atoms with Gasteiger partial charge in [0, 0.05) is 6.42 Å². The fourth-order valence-electron chi connectivity index (χ4n) is 2.12. The van der Waals surface area contributed by atoms with Crippen LogP contribution in [0.3, 0.4) is 0 Å². The number of nitrogens with two attached hydrogens (primary N) is 1. The van der Waals surface area contributed by atoms with Gasteiger partial charge in [0.15, 0.2) is 0 Å². The molecular formula is C11H16Br2N2. The SMILES string of the molecule is Br.NC1=NC(Br)=CC2=C(CCCCC2)C1. The molecule has 0 bridgehead atoms. The second kappa shape index (κ2) is 5.85. The van der Waals surface area contributed by atoms with Crippen molar-refractivity contribution in [2.75, 3.05) is 0 Å². The molecule has 1 heterocycles. The molecule has 4 heteroatoms. The molecule has 2 N–H and O–H groups in total. The highest BCUT2D eigenvalue weighted by Gasteiger charge is 2.14. The lowest BCUT2D eigenvalue weighted by Gasteiger charge is -2.06. The Morgan fingerprint density at radius 1 is 1.20 bits per heavy atom. The zero-order chi connectivity index (χ0) is 9.97. The molecule has 0 saturated heterocycles. The standard InChI is InChI=1S/C11H15BrN2.BrH/c12-10-6-8-4-2-1-3-5-9(8)7-11(13)14-10;/h6H,1-5,7H2,(H2,13,14);1H. The van der Waals surface area contributed by atoms with Crippen LogP contribution in [-0.4, -0.2) is 5.84 Å². The molecule has 0 atom stereocenters. The zero-order valence-electron chi connectivity index (χ0n) is 8.63. The van der Waals surface area contributed by atoms with Gasteiger partial charge in [-0.05, 0) is 53.3 Å². The highest BCUT2D eigenvalue weighted by molar-refractivity contribution is 9.11. The number of nitrogens with zero attached hydrogens (tertiary/aromatic N) is 1. The van der Waals surface area contributed by atoms with Crippen LogP contribution >= 0.6 is 32.9 Å². The van der Waals surface area contributed by atoms with Crippen LogP contribution in [0.1, 0.15) is 38.5 Å². The van der Waals surface area contributed by atoms with Gasteiger partial charge in [-0.15, -0.1) is 17.0 Å². The molecule has 1 aliphatic carbocycles. The third-order valence-corrected chi connectivity index (χ3v) is 3.22. The third kappa shape index (κ3) is 3.45. The van der Waals surface area contributed by atoms with Gasteiger partial charge in [-0.3, -0.25) is 0 Å². The Morgan fingerprint density at radius 3 is 2.73 bits per heavy atom. The maximum Gasteiger partial charge on any atom is 0.108 e. The Bertz CT molecular complexity index is 329. The predicted octanol–water partition coefficient (Wildman–Crippen LogP) is 3.82. The average Bonchev–Trinajstić information content (AvgIpc) is 2.36. The molecule has 0 amide bonds. The van der Waals surface area contributed by atoms with E-state index < -0.39 is 0 Å². The monoisotopic (exact) mass is 334 g/mol. The fourth-order valence-corrected chi connectivity index (χ4v) is 2.62. The van der Waals surface area contributed by atoms with E-state index in [1.165, 1.54) is 43.3 Å². The van der Waals surface area contributed by atoms with Crippen molar-refractivity contribution in [3.8, 4) is 0 Å². The molecule has 84 valence electrons. The summed E-state index contributed by atoms with van der Waals surface area (Å²) >= 11 is 3.43. The van der Waals surface area contributed by atoms with Crippen molar-refractivity contribution in [1.82, 2.24) is 0 Å². The van der Waals surface area contributed by atoms with Gasteiger partial charge in [-0.25, -0.2) is 4.99 Å². The number of allylic oxidation sites excluding steroid dienone is 2. The topological polar surface area (TPSA) is 38.4 Å². The second-order valence-corrected chi connectivity index (χ2v) is 4.75. The van der Waals surface area contributed by atoms with E-state index in [1.807, 2.05) is 0 Å². The van der Waals surface area contributed by atoms with Crippen molar-refractivity contribution in [3.05, 3.63) is 21.8 Å². The summed E-state index contributed by atoms with van der Waals surface area (Å²) in [7, 11) is 0. The Hall–Kier alpha value is -0.0900. The van der Waals surface area contributed by atoms with Crippen LogP contribution in [-0.2, 0) is 0 Å². The highest BCUT2D eigenvalue weighted by atomic mass is 79.9. The maximum absolute atomic E-state index is 5.83. The van der Waals surface area contributed by atoms with Crippen molar-refractivity contribution in [3.63, 3.8) is 0 Å². The van der Waals surface area contributed by atoms with Gasteiger partial charge in [-0.1, -0.05) is 12.0 Å². The summed E-state index contributed by atoms with van der Waals surface area (Å²) in [5, 5.41) is 0. The summed E-state index contributed by atoms with van der Waals surface area (Å²) in [6.07, 6.45) is 9.33.